The van der Waals surface area contributed by atoms with Crippen LogP contribution >= 0.6 is 0 Å². The minimum absolute atomic E-state index is 0.147. The Bertz CT molecular complexity index is 318. The number of nitrogens with two attached hydrogens (primary N) is 1. The molecule has 0 spiro atoms. The Labute approximate surface area is 97.6 Å². The van der Waals surface area contributed by atoms with Gasteiger partial charge >= 0.3 is 0 Å². The number of hydrogen-bond donors (Lipinski definition) is 1. The van der Waals surface area contributed by atoms with Crippen molar-refractivity contribution in [3.05, 3.63) is 12.2 Å². The van der Waals surface area contributed by atoms with Gasteiger partial charge in [0, 0.05) is 13.6 Å². The highest BCUT2D eigenvalue weighted by molar-refractivity contribution is 4.85. The van der Waals surface area contributed by atoms with Gasteiger partial charge in [-0.05, 0) is 18.5 Å². The average molecular weight is 225 g/mol. The second kappa shape index (κ2) is 5.41. The first-order valence-corrected chi connectivity index (χ1v) is 5.74. The normalized spacial score (nSPS) is 12.4. The summed E-state index contributed by atoms with van der Waals surface area (Å²) in [6, 6.07) is 0. The fourth-order valence-electron chi connectivity index (χ4n) is 1.61. The zero-order chi connectivity index (χ0) is 12.2. The van der Waals surface area contributed by atoms with Crippen LogP contribution in [0.5, 0.6) is 0 Å². The number of aryl methyl sites for hydroxylation is 1. The summed E-state index contributed by atoms with van der Waals surface area (Å²) >= 11 is 0. The average Bonchev–Trinajstić information content (AvgIpc) is 2.63. The van der Waals surface area contributed by atoms with E-state index in [9.17, 15) is 0 Å². The molecule has 0 fully saturated rings. The molecular weight excluding hydrogens is 202 g/mol. The quantitative estimate of drug-likeness (QED) is 0.771. The van der Waals surface area contributed by atoms with E-state index in [-0.39, 0.29) is 5.41 Å². The van der Waals surface area contributed by atoms with Gasteiger partial charge in [0.25, 0.3) is 0 Å². The van der Waals surface area contributed by atoms with Crippen LogP contribution in [0.4, 0.5) is 0 Å². The molecule has 0 saturated carbocycles. The SMILES string of the molecule is CCN(Cc1ncnn1C)CC(C)(C)CN. The highest BCUT2D eigenvalue weighted by Crippen LogP contribution is 2.15. The van der Waals surface area contributed by atoms with Crippen molar-refractivity contribution in [1.29, 1.82) is 0 Å². The molecule has 2 N–H and O–H groups in total. The van der Waals surface area contributed by atoms with Gasteiger partial charge in [-0.15, -0.1) is 0 Å². The minimum Gasteiger partial charge on any atom is -0.330 e. The lowest BCUT2D eigenvalue weighted by Crippen LogP contribution is -2.38. The van der Waals surface area contributed by atoms with Crippen LogP contribution < -0.4 is 5.73 Å². The fraction of sp³-hybridized carbons (Fsp3) is 0.818. The summed E-state index contributed by atoms with van der Waals surface area (Å²) < 4.78 is 1.82. The van der Waals surface area contributed by atoms with Crippen LogP contribution in [0.3, 0.4) is 0 Å². The molecule has 1 heterocycles. The summed E-state index contributed by atoms with van der Waals surface area (Å²) in [4.78, 5) is 6.58. The van der Waals surface area contributed by atoms with Gasteiger partial charge in [0.1, 0.15) is 12.2 Å². The lowest BCUT2D eigenvalue weighted by Gasteiger charge is -2.30. The Kier molecular flexibility index (Phi) is 4.44. The Balaban J connectivity index is 2.59. The van der Waals surface area contributed by atoms with E-state index in [0.29, 0.717) is 6.54 Å². The fourth-order valence-corrected chi connectivity index (χ4v) is 1.61. The largest absolute Gasteiger partial charge is 0.330 e. The van der Waals surface area contributed by atoms with Crippen molar-refractivity contribution in [2.75, 3.05) is 19.6 Å². The van der Waals surface area contributed by atoms with Crippen LogP contribution in [0.2, 0.25) is 0 Å². The smallest absolute Gasteiger partial charge is 0.140 e. The molecule has 5 nitrogen and oxygen atoms in total. The van der Waals surface area contributed by atoms with Crippen LogP contribution in [0.15, 0.2) is 6.33 Å². The first-order valence-electron chi connectivity index (χ1n) is 5.74. The molecule has 92 valence electrons. The van der Waals surface area contributed by atoms with E-state index in [4.69, 9.17) is 5.73 Å². The molecule has 0 saturated heterocycles. The van der Waals surface area contributed by atoms with Crippen molar-refractivity contribution in [3.8, 4) is 0 Å². The van der Waals surface area contributed by atoms with Crippen molar-refractivity contribution in [3.63, 3.8) is 0 Å². The molecule has 0 aromatic carbocycles. The van der Waals surface area contributed by atoms with Gasteiger partial charge in [-0.1, -0.05) is 20.8 Å². The highest BCUT2D eigenvalue weighted by atomic mass is 15.3. The van der Waals surface area contributed by atoms with E-state index in [1.807, 2.05) is 11.7 Å². The van der Waals surface area contributed by atoms with E-state index < -0.39 is 0 Å². The molecule has 0 atom stereocenters. The Morgan fingerprint density at radius 1 is 1.50 bits per heavy atom. The van der Waals surface area contributed by atoms with E-state index in [0.717, 1.165) is 25.5 Å². The lowest BCUT2D eigenvalue weighted by molar-refractivity contribution is 0.178. The third kappa shape index (κ3) is 3.57. The number of nitrogens with zero attached hydrogens (tertiary/aromatic N) is 4. The molecule has 1 aromatic rings. The zero-order valence-corrected chi connectivity index (χ0v) is 10.8. The first-order chi connectivity index (χ1) is 7.48. The van der Waals surface area contributed by atoms with Crippen molar-refractivity contribution in [1.82, 2.24) is 19.7 Å². The molecule has 0 bridgehead atoms. The highest BCUT2D eigenvalue weighted by Gasteiger charge is 2.20. The predicted molar refractivity (Wildman–Crippen MR) is 64.8 cm³/mol. The first kappa shape index (κ1) is 13.1. The van der Waals surface area contributed by atoms with Gasteiger partial charge in [-0.3, -0.25) is 9.58 Å². The van der Waals surface area contributed by atoms with Gasteiger partial charge in [0.05, 0.1) is 6.54 Å². The second-order valence-corrected chi connectivity index (χ2v) is 4.97. The van der Waals surface area contributed by atoms with Gasteiger partial charge in [-0.2, -0.15) is 5.10 Å². The van der Waals surface area contributed by atoms with E-state index in [1.165, 1.54) is 0 Å². The van der Waals surface area contributed by atoms with Crippen LogP contribution in [0.1, 0.15) is 26.6 Å². The maximum absolute atomic E-state index is 5.75. The molecule has 0 radical (unpaired) electrons. The maximum atomic E-state index is 5.75. The number of hydrogen-bond acceptors (Lipinski definition) is 4. The summed E-state index contributed by atoms with van der Waals surface area (Å²) in [7, 11) is 1.92. The van der Waals surface area contributed by atoms with Gasteiger partial charge in [-0.25, -0.2) is 4.98 Å². The summed E-state index contributed by atoms with van der Waals surface area (Å²) in [5.41, 5.74) is 5.90. The number of rotatable bonds is 6. The Hall–Kier alpha value is -0.940. The van der Waals surface area contributed by atoms with Crippen LogP contribution in [-0.2, 0) is 13.6 Å². The van der Waals surface area contributed by atoms with Crippen molar-refractivity contribution >= 4 is 0 Å². The topological polar surface area (TPSA) is 60.0 Å². The van der Waals surface area contributed by atoms with Crippen molar-refractivity contribution in [2.24, 2.45) is 18.2 Å². The Morgan fingerprint density at radius 2 is 2.19 bits per heavy atom. The molecular formula is C11H23N5. The van der Waals surface area contributed by atoms with Crippen molar-refractivity contribution < 1.29 is 0 Å². The van der Waals surface area contributed by atoms with Crippen molar-refractivity contribution in [2.45, 2.75) is 27.3 Å². The standard InChI is InChI=1S/C11H23N5/c1-5-16(8-11(2,3)7-12)6-10-13-9-14-15(10)4/h9H,5-8,12H2,1-4H3. The van der Waals surface area contributed by atoms with Crippen LogP contribution in [0, 0.1) is 5.41 Å². The van der Waals surface area contributed by atoms with Crippen LogP contribution in [-0.4, -0.2) is 39.3 Å². The predicted octanol–water partition coefficient (Wildman–Crippen LogP) is 0.622. The van der Waals surface area contributed by atoms with Crippen LogP contribution in [0.25, 0.3) is 0 Å². The van der Waals surface area contributed by atoms with Gasteiger partial charge in [0.15, 0.2) is 0 Å². The molecule has 1 rings (SSSR count). The molecule has 5 heteroatoms. The second-order valence-electron chi connectivity index (χ2n) is 4.97. The molecule has 16 heavy (non-hydrogen) atoms. The third-order valence-electron chi connectivity index (χ3n) is 2.82. The van der Waals surface area contributed by atoms with Gasteiger partial charge < -0.3 is 5.73 Å². The molecule has 0 aliphatic carbocycles. The molecule has 0 aliphatic rings. The Morgan fingerprint density at radius 3 is 2.62 bits per heavy atom. The van der Waals surface area contributed by atoms with Gasteiger partial charge in [0.2, 0.25) is 0 Å². The summed E-state index contributed by atoms with van der Waals surface area (Å²) in [5.74, 6) is 0.995. The molecule has 0 aliphatic heterocycles. The summed E-state index contributed by atoms with van der Waals surface area (Å²) in [5, 5.41) is 4.07. The number of aromatic nitrogens is 3. The minimum atomic E-state index is 0.147. The molecule has 0 amide bonds. The van der Waals surface area contributed by atoms with E-state index in [1.54, 1.807) is 6.33 Å². The maximum Gasteiger partial charge on any atom is 0.140 e. The molecule has 1 aromatic heterocycles. The summed E-state index contributed by atoms with van der Waals surface area (Å²) in [6.07, 6.45) is 1.59. The third-order valence-corrected chi connectivity index (χ3v) is 2.82. The van der Waals surface area contributed by atoms with E-state index >= 15 is 0 Å². The van der Waals surface area contributed by atoms with E-state index in [2.05, 4.69) is 35.8 Å². The zero-order valence-electron chi connectivity index (χ0n) is 10.8. The summed E-state index contributed by atoms with van der Waals surface area (Å²) in [6.45, 7) is 10.0. The lowest BCUT2D eigenvalue weighted by atomic mass is 9.93. The monoisotopic (exact) mass is 225 g/mol. The molecule has 0 unspecified atom stereocenters.